The van der Waals surface area contributed by atoms with Gasteiger partial charge in [0, 0.05) is 18.0 Å². The number of ether oxygens (including phenoxy) is 2. The monoisotopic (exact) mass is 443 g/mol. The second kappa shape index (κ2) is 9.35. The van der Waals surface area contributed by atoms with Gasteiger partial charge in [0.2, 0.25) is 5.95 Å². The van der Waals surface area contributed by atoms with Crippen molar-refractivity contribution in [3.8, 4) is 11.5 Å². The van der Waals surface area contributed by atoms with Crippen LogP contribution in [0.4, 0.5) is 5.95 Å². The molecule has 33 heavy (non-hydrogen) atoms. The summed E-state index contributed by atoms with van der Waals surface area (Å²) >= 11 is 0. The van der Waals surface area contributed by atoms with Crippen LogP contribution in [0.5, 0.6) is 11.5 Å². The Balaban J connectivity index is 1.85. The molecule has 1 amide bonds. The largest absolute Gasteiger partial charge is 0.507 e. The number of carbonyl (C=O) groups excluding carboxylic acids is 2. The Morgan fingerprint density at radius 3 is 2.30 bits per heavy atom. The van der Waals surface area contributed by atoms with Crippen LogP contribution >= 0.6 is 0 Å². The molecule has 1 aliphatic rings. The molecule has 0 saturated carbocycles. The first-order valence-electron chi connectivity index (χ1n) is 10.1. The highest BCUT2D eigenvalue weighted by molar-refractivity contribution is 6.51. The summed E-state index contributed by atoms with van der Waals surface area (Å²) in [5.74, 6) is -0.698. The van der Waals surface area contributed by atoms with E-state index in [1.165, 1.54) is 24.4 Å². The normalized spacial score (nSPS) is 17.1. The smallest absolute Gasteiger partial charge is 0.302 e. The van der Waals surface area contributed by atoms with Crippen LogP contribution in [0.3, 0.4) is 0 Å². The van der Waals surface area contributed by atoms with Gasteiger partial charge >= 0.3 is 5.91 Å². The van der Waals surface area contributed by atoms with Crippen molar-refractivity contribution in [1.82, 2.24) is 9.97 Å². The molecule has 0 aliphatic carbocycles. The molecule has 0 radical (unpaired) electrons. The molecule has 4 rings (SSSR count). The Labute approximate surface area is 190 Å². The highest BCUT2D eigenvalue weighted by Crippen LogP contribution is 2.41. The van der Waals surface area contributed by atoms with Gasteiger partial charge < -0.3 is 14.6 Å². The first-order chi connectivity index (χ1) is 16.0. The van der Waals surface area contributed by atoms with Crippen LogP contribution in [-0.2, 0) is 9.59 Å². The van der Waals surface area contributed by atoms with Gasteiger partial charge in [0.15, 0.2) is 0 Å². The third-order valence-corrected chi connectivity index (χ3v) is 5.14. The average Bonchev–Trinajstić information content (AvgIpc) is 3.13. The Kier molecular flexibility index (Phi) is 6.17. The number of rotatable bonds is 7. The number of carbonyl (C=O) groups is 2. The minimum atomic E-state index is -0.928. The molecule has 8 nitrogen and oxygen atoms in total. The zero-order valence-electron chi connectivity index (χ0n) is 17.8. The summed E-state index contributed by atoms with van der Waals surface area (Å²) < 4.78 is 10.7. The van der Waals surface area contributed by atoms with Crippen molar-refractivity contribution in [1.29, 1.82) is 0 Å². The number of hydrogen-bond acceptors (Lipinski definition) is 7. The molecule has 1 fully saturated rings. The van der Waals surface area contributed by atoms with Gasteiger partial charge in [-0.1, -0.05) is 24.8 Å². The summed E-state index contributed by atoms with van der Waals surface area (Å²) in [5.41, 5.74) is 0.902. The van der Waals surface area contributed by atoms with Gasteiger partial charge in [-0.05, 0) is 48.0 Å². The fourth-order valence-electron chi connectivity index (χ4n) is 3.58. The number of amides is 1. The SMILES string of the molecule is C=CCOc1ccc(C2/C(=C(/O)c3ccc(OC)cc3)C(=O)C(=O)N2c2ncccn2)cc1. The molecule has 8 heteroatoms. The molecule has 3 aromatic rings. The Morgan fingerprint density at radius 2 is 1.70 bits per heavy atom. The van der Waals surface area contributed by atoms with Crippen molar-refractivity contribution in [3.63, 3.8) is 0 Å². The van der Waals surface area contributed by atoms with Crippen LogP contribution in [0.2, 0.25) is 0 Å². The number of anilines is 1. The number of aromatic nitrogens is 2. The van der Waals surface area contributed by atoms with E-state index in [0.717, 1.165) is 0 Å². The number of hydrogen-bond donors (Lipinski definition) is 1. The summed E-state index contributed by atoms with van der Waals surface area (Å²) in [5, 5.41) is 11.1. The fourth-order valence-corrected chi connectivity index (χ4v) is 3.58. The first-order valence-corrected chi connectivity index (χ1v) is 10.1. The molecule has 166 valence electrons. The van der Waals surface area contributed by atoms with E-state index in [1.54, 1.807) is 60.7 Å². The summed E-state index contributed by atoms with van der Waals surface area (Å²) in [6.45, 7) is 3.96. The molecule has 1 aromatic heterocycles. The van der Waals surface area contributed by atoms with Crippen molar-refractivity contribution < 1.29 is 24.2 Å². The van der Waals surface area contributed by atoms with Gasteiger partial charge in [0.25, 0.3) is 5.78 Å². The zero-order valence-corrected chi connectivity index (χ0v) is 17.8. The van der Waals surface area contributed by atoms with Crippen molar-refractivity contribution in [2.75, 3.05) is 18.6 Å². The van der Waals surface area contributed by atoms with E-state index in [1.807, 2.05) is 0 Å². The highest BCUT2D eigenvalue weighted by atomic mass is 16.5. The van der Waals surface area contributed by atoms with E-state index in [4.69, 9.17) is 9.47 Å². The average molecular weight is 443 g/mol. The molecular formula is C25H21N3O5. The van der Waals surface area contributed by atoms with Gasteiger partial charge in [0.1, 0.15) is 23.9 Å². The van der Waals surface area contributed by atoms with Crippen molar-refractivity contribution in [2.24, 2.45) is 0 Å². The molecule has 1 atom stereocenters. The second-order valence-electron chi connectivity index (χ2n) is 7.12. The number of aliphatic hydroxyl groups excluding tert-OH is 1. The molecule has 1 N–H and O–H groups in total. The molecule has 0 bridgehead atoms. The lowest BCUT2D eigenvalue weighted by atomic mass is 9.95. The second-order valence-corrected chi connectivity index (χ2v) is 7.12. The lowest BCUT2D eigenvalue weighted by Crippen LogP contribution is -2.31. The van der Waals surface area contributed by atoms with Crippen LogP contribution in [0.25, 0.3) is 5.76 Å². The van der Waals surface area contributed by atoms with Crippen LogP contribution in [0.1, 0.15) is 17.2 Å². The maximum absolute atomic E-state index is 13.1. The van der Waals surface area contributed by atoms with Crippen LogP contribution in [0, 0.1) is 0 Å². The van der Waals surface area contributed by atoms with Gasteiger partial charge in [0.05, 0.1) is 18.7 Å². The van der Waals surface area contributed by atoms with E-state index < -0.39 is 17.7 Å². The lowest BCUT2D eigenvalue weighted by Gasteiger charge is -2.23. The molecule has 1 aliphatic heterocycles. The molecule has 1 saturated heterocycles. The molecule has 0 spiro atoms. The third-order valence-electron chi connectivity index (χ3n) is 5.14. The minimum Gasteiger partial charge on any atom is -0.507 e. The fraction of sp³-hybridized carbons (Fsp3) is 0.120. The molecule has 1 unspecified atom stereocenters. The third kappa shape index (κ3) is 4.18. The van der Waals surface area contributed by atoms with Crippen LogP contribution < -0.4 is 14.4 Å². The van der Waals surface area contributed by atoms with E-state index in [0.29, 0.717) is 29.2 Å². The summed E-state index contributed by atoms with van der Waals surface area (Å²) in [4.78, 5) is 35.6. The summed E-state index contributed by atoms with van der Waals surface area (Å²) in [6, 6.07) is 14.1. The van der Waals surface area contributed by atoms with E-state index >= 15 is 0 Å². The van der Waals surface area contributed by atoms with Crippen molar-refractivity contribution >= 4 is 23.4 Å². The predicted molar refractivity (Wildman–Crippen MR) is 122 cm³/mol. The molecular weight excluding hydrogens is 422 g/mol. The number of Topliss-reactive ketones (excluding diaryl/α,β-unsaturated/α-hetero) is 1. The number of aliphatic hydroxyl groups is 1. The van der Waals surface area contributed by atoms with Gasteiger partial charge in [-0.2, -0.15) is 0 Å². The van der Waals surface area contributed by atoms with Gasteiger partial charge in [-0.25, -0.2) is 9.97 Å². The summed E-state index contributed by atoms with van der Waals surface area (Å²) in [7, 11) is 1.53. The number of methoxy groups -OCH3 is 1. The topological polar surface area (TPSA) is 102 Å². The van der Waals surface area contributed by atoms with Crippen molar-refractivity contribution in [3.05, 3.63) is 96.3 Å². The Bertz CT molecular complexity index is 1210. The highest BCUT2D eigenvalue weighted by Gasteiger charge is 2.48. The number of benzene rings is 2. The maximum atomic E-state index is 13.1. The molecule has 2 heterocycles. The quantitative estimate of drug-likeness (QED) is 0.257. The summed E-state index contributed by atoms with van der Waals surface area (Å²) in [6.07, 6.45) is 4.59. The van der Waals surface area contributed by atoms with Gasteiger partial charge in [-0.3, -0.25) is 14.5 Å². The molecule has 2 aromatic carbocycles. The maximum Gasteiger partial charge on any atom is 0.302 e. The standard InChI is InChI=1S/C25H21N3O5/c1-3-15-33-19-11-5-16(6-12-19)21-20(22(29)17-7-9-18(32-2)10-8-17)23(30)24(31)28(21)25-26-13-4-14-27-25/h3-14,21,29H,1,15H2,2H3/b22-20-. The first kappa shape index (κ1) is 21.8. The van der Waals surface area contributed by atoms with E-state index in [2.05, 4.69) is 16.5 Å². The van der Waals surface area contributed by atoms with E-state index in [9.17, 15) is 14.7 Å². The van der Waals surface area contributed by atoms with Crippen LogP contribution in [0.15, 0.2) is 85.2 Å². The van der Waals surface area contributed by atoms with Crippen LogP contribution in [-0.4, -0.2) is 40.5 Å². The number of nitrogens with zero attached hydrogens (tertiary/aromatic N) is 3. The van der Waals surface area contributed by atoms with Gasteiger partial charge in [-0.15, -0.1) is 0 Å². The lowest BCUT2D eigenvalue weighted by molar-refractivity contribution is -0.132. The van der Waals surface area contributed by atoms with E-state index in [-0.39, 0.29) is 17.3 Å². The van der Waals surface area contributed by atoms with Crippen molar-refractivity contribution in [2.45, 2.75) is 6.04 Å². The Morgan fingerprint density at radius 1 is 1.06 bits per heavy atom. The minimum absolute atomic E-state index is 0.0580. The number of ketones is 1. The zero-order chi connectivity index (χ0) is 23.4. The predicted octanol–water partition coefficient (Wildman–Crippen LogP) is 3.68. The Hall–Kier alpha value is -4.46.